The summed E-state index contributed by atoms with van der Waals surface area (Å²) in [6.45, 7) is 8.85. The van der Waals surface area contributed by atoms with E-state index in [-0.39, 0.29) is 6.09 Å². The molecule has 1 N–H and O–H groups in total. The van der Waals surface area contributed by atoms with Crippen molar-refractivity contribution in [2.75, 3.05) is 19.6 Å². The zero-order valence-corrected chi connectivity index (χ0v) is 17.0. The van der Waals surface area contributed by atoms with Gasteiger partial charge in [0.05, 0.1) is 11.0 Å². The first kappa shape index (κ1) is 18.8. The van der Waals surface area contributed by atoms with Crippen LogP contribution in [-0.2, 0) is 11.3 Å². The zero-order valence-electron chi connectivity index (χ0n) is 13.8. The maximum absolute atomic E-state index is 12.0. The zero-order chi connectivity index (χ0) is 17.0. The molecule has 0 radical (unpaired) electrons. The maximum Gasteiger partial charge on any atom is 0.410 e. The highest BCUT2D eigenvalue weighted by molar-refractivity contribution is 9.13. The topological polar surface area (TPSA) is 54.7 Å². The van der Waals surface area contributed by atoms with Crippen LogP contribution in [0.15, 0.2) is 19.6 Å². The number of carbonyl (C=O) groups excluding carboxylic acids is 1. The Bertz CT molecular complexity index is 512. The highest BCUT2D eigenvalue weighted by Crippen LogP contribution is 2.26. The van der Waals surface area contributed by atoms with Gasteiger partial charge in [-0.25, -0.2) is 4.79 Å². The Morgan fingerprint density at radius 1 is 1.39 bits per heavy atom. The minimum absolute atomic E-state index is 0.200. The van der Waals surface area contributed by atoms with Crippen LogP contribution in [0.25, 0.3) is 0 Å². The second kappa shape index (κ2) is 8.03. The van der Waals surface area contributed by atoms with Gasteiger partial charge in [0.2, 0.25) is 0 Å². The van der Waals surface area contributed by atoms with E-state index in [0.29, 0.717) is 12.5 Å². The molecule has 1 aliphatic rings. The SMILES string of the molecule is CC(C)(C)OC(=O)N1CCC(CNCc2cc(Br)c(Br)o2)CC1. The van der Waals surface area contributed by atoms with Gasteiger partial charge in [-0.2, -0.15) is 0 Å². The first-order valence-corrected chi connectivity index (χ1v) is 9.45. The van der Waals surface area contributed by atoms with Crippen molar-refractivity contribution in [3.8, 4) is 0 Å². The Hall–Kier alpha value is -0.530. The monoisotopic (exact) mass is 450 g/mol. The Morgan fingerprint density at radius 2 is 2.04 bits per heavy atom. The molecule has 1 aromatic heterocycles. The van der Waals surface area contributed by atoms with Gasteiger partial charge in [0, 0.05) is 13.1 Å². The predicted molar refractivity (Wildman–Crippen MR) is 96.3 cm³/mol. The highest BCUT2D eigenvalue weighted by Gasteiger charge is 2.26. The Labute approximate surface area is 154 Å². The van der Waals surface area contributed by atoms with Crippen molar-refractivity contribution in [3.63, 3.8) is 0 Å². The summed E-state index contributed by atoms with van der Waals surface area (Å²) in [4.78, 5) is 13.8. The second-order valence-corrected chi connectivity index (χ2v) is 8.45. The van der Waals surface area contributed by atoms with E-state index >= 15 is 0 Å². The van der Waals surface area contributed by atoms with Crippen molar-refractivity contribution in [1.29, 1.82) is 0 Å². The molecular formula is C16H24Br2N2O3. The lowest BCUT2D eigenvalue weighted by Gasteiger charge is -2.33. The van der Waals surface area contributed by atoms with Crippen molar-refractivity contribution in [1.82, 2.24) is 10.2 Å². The molecule has 1 aliphatic heterocycles. The van der Waals surface area contributed by atoms with Gasteiger partial charge in [-0.05, 0) is 84.0 Å². The summed E-state index contributed by atoms with van der Waals surface area (Å²) in [7, 11) is 0. The van der Waals surface area contributed by atoms with E-state index in [1.165, 1.54) is 0 Å². The number of amides is 1. The second-order valence-electron chi connectivity index (χ2n) is 6.88. The Balaban J connectivity index is 1.67. The third kappa shape index (κ3) is 6.12. The lowest BCUT2D eigenvalue weighted by Crippen LogP contribution is -2.43. The molecule has 1 saturated heterocycles. The lowest BCUT2D eigenvalue weighted by molar-refractivity contribution is 0.0184. The van der Waals surface area contributed by atoms with Gasteiger partial charge < -0.3 is 19.4 Å². The number of nitrogens with one attached hydrogen (secondary N) is 1. The number of hydrogen-bond acceptors (Lipinski definition) is 4. The summed E-state index contributed by atoms with van der Waals surface area (Å²) in [5, 5.41) is 3.42. The normalized spacial score (nSPS) is 16.7. The lowest BCUT2D eigenvalue weighted by atomic mass is 9.97. The van der Waals surface area contributed by atoms with Crippen LogP contribution in [0.2, 0.25) is 0 Å². The molecule has 23 heavy (non-hydrogen) atoms. The molecule has 130 valence electrons. The first-order valence-electron chi connectivity index (χ1n) is 7.87. The molecule has 0 bridgehead atoms. The molecule has 7 heteroatoms. The number of carbonyl (C=O) groups is 1. The molecule has 0 atom stereocenters. The number of furan rings is 1. The molecule has 1 fully saturated rings. The van der Waals surface area contributed by atoms with Gasteiger partial charge in [0.1, 0.15) is 11.4 Å². The minimum Gasteiger partial charge on any atom is -0.452 e. The van der Waals surface area contributed by atoms with Crippen molar-refractivity contribution < 1.29 is 13.9 Å². The van der Waals surface area contributed by atoms with Crippen LogP contribution in [0, 0.1) is 5.92 Å². The molecule has 1 aromatic rings. The molecule has 2 heterocycles. The third-order valence-electron chi connectivity index (χ3n) is 3.69. The molecular weight excluding hydrogens is 428 g/mol. The van der Waals surface area contributed by atoms with E-state index in [9.17, 15) is 4.79 Å². The van der Waals surface area contributed by atoms with Gasteiger partial charge in [0.25, 0.3) is 0 Å². The summed E-state index contributed by atoms with van der Waals surface area (Å²) < 4.78 is 12.6. The van der Waals surface area contributed by atoms with E-state index < -0.39 is 5.60 Å². The summed E-state index contributed by atoms with van der Waals surface area (Å²) in [5.41, 5.74) is -0.429. The van der Waals surface area contributed by atoms with Crippen molar-refractivity contribution >= 4 is 38.0 Å². The highest BCUT2D eigenvalue weighted by atomic mass is 79.9. The standard InChI is InChI=1S/C16H24Br2N2O3/c1-16(2,3)23-15(21)20-6-4-11(5-7-20)9-19-10-12-8-13(17)14(18)22-12/h8,11,19H,4-7,9-10H2,1-3H3. The number of rotatable bonds is 4. The van der Waals surface area contributed by atoms with Crippen molar-refractivity contribution in [2.24, 2.45) is 5.92 Å². The number of halogens is 2. The largest absolute Gasteiger partial charge is 0.452 e. The molecule has 0 unspecified atom stereocenters. The number of piperidine rings is 1. The smallest absolute Gasteiger partial charge is 0.410 e. The average Bonchev–Trinajstić information content (AvgIpc) is 2.76. The average molecular weight is 452 g/mol. The number of ether oxygens (including phenoxy) is 1. The van der Waals surface area contributed by atoms with Gasteiger partial charge in [-0.1, -0.05) is 0 Å². The van der Waals surface area contributed by atoms with Crippen LogP contribution in [0.3, 0.4) is 0 Å². The van der Waals surface area contributed by atoms with Crippen molar-refractivity contribution in [3.05, 3.63) is 21.0 Å². The number of likely N-dealkylation sites (tertiary alicyclic amines) is 1. The molecule has 5 nitrogen and oxygen atoms in total. The van der Waals surface area contributed by atoms with Gasteiger partial charge in [-0.15, -0.1) is 0 Å². The van der Waals surface area contributed by atoms with E-state index in [1.54, 1.807) is 0 Å². The van der Waals surface area contributed by atoms with Crippen LogP contribution < -0.4 is 5.32 Å². The molecule has 0 saturated carbocycles. The summed E-state index contributed by atoms with van der Waals surface area (Å²) in [5.74, 6) is 1.48. The molecule has 1 amide bonds. The van der Waals surface area contributed by atoms with E-state index in [4.69, 9.17) is 9.15 Å². The van der Waals surface area contributed by atoms with Crippen LogP contribution in [0.1, 0.15) is 39.4 Å². The minimum atomic E-state index is -0.429. The fourth-order valence-corrected chi connectivity index (χ4v) is 3.18. The van der Waals surface area contributed by atoms with Crippen LogP contribution in [0.5, 0.6) is 0 Å². The third-order valence-corrected chi connectivity index (χ3v) is 5.40. The van der Waals surface area contributed by atoms with E-state index in [0.717, 1.165) is 47.4 Å². The fourth-order valence-electron chi connectivity index (χ4n) is 2.52. The van der Waals surface area contributed by atoms with Gasteiger partial charge >= 0.3 is 6.09 Å². The summed E-state index contributed by atoms with van der Waals surface area (Å²) in [6.07, 6.45) is 1.80. The summed E-state index contributed by atoms with van der Waals surface area (Å²) in [6, 6.07) is 1.96. The van der Waals surface area contributed by atoms with Crippen molar-refractivity contribution in [2.45, 2.75) is 45.8 Å². The first-order chi connectivity index (χ1) is 10.7. The number of nitrogens with zero attached hydrogens (tertiary/aromatic N) is 1. The van der Waals surface area contributed by atoms with E-state index in [1.807, 2.05) is 31.7 Å². The molecule has 2 rings (SSSR count). The van der Waals surface area contributed by atoms with Crippen LogP contribution >= 0.6 is 31.9 Å². The predicted octanol–water partition coefficient (Wildman–Crippen LogP) is 4.54. The summed E-state index contributed by atoms with van der Waals surface area (Å²) >= 11 is 6.74. The molecule has 0 spiro atoms. The Morgan fingerprint density at radius 3 is 2.57 bits per heavy atom. The maximum atomic E-state index is 12.0. The number of hydrogen-bond donors (Lipinski definition) is 1. The van der Waals surface area contributed by atoms with Gasteiger partial charge in [0.15, 0.2) is 4.67 Å². The van der Waals surface area contributed by atoms with E-state index in [2.05, 4.69) is 37.2 Å². The van der Waals surface area contributed by atoms with Crippen LogP contribution in [0.4, 0.5) is 4.79 Å². The quantitative estimate of drug-likeness (QED) is 0.729. The molecule has 0 aliphatic carbocycles. The van der Waals surface area contributed by atoms with Crippen LogP contribution in [-0.4, -0.2) is 36.2 Å². The Kier molecular flexibility index (Phi) is 6.57. The fraction of sp³-hybridized carbons (Fsp3) is 0.688. The molecule has 0 aromatic carbocycles. The van der Waals surface area contributed by atoms with Gasteiger partial charge in [-0.3, -0.25) is 0 Å².